The van der Waals surface area contributed by atoms with Gasteiger partial charge in [-0.3, -0.25) is 9.88 Å². The van der Waals surface area contributed by atoms with E-state index in [-0.39, 0.29) is 12.6 Å². The number of aliphatic hydroxyl groups excluding tert-OH is 1. The molecule has 1 aromatic rings. The van der Waals surface area contributed by atoms with E-state index in [4.69, 9.17) is 10.8 Å². The first-order valence-electron chi connectivity index (χ1n) is 6.21. The Kier molecular flexibility index (Phi) is 6.77. The van der Waals surface area contributed by atoms with Gasteiger partial charge in [0.25, 0.3) is 0 Å². The summed E-state index contributed by atoms with van der Waals surface area (Å²) in [5.74, 6) is 0. The fourth-order valence-corrected chi connectivity index (χ4v) is 1.91. The summed E-state index contributed by atoms with van der Waals surface area (Å²) in [6, 6.07) is 6.11. The quantitative estimate of drug-likeness (QED) is 0.666. The topological polar surface area (TPSA) is 62.4 Å². The van der Waals surface area contributed by atoms with Gasteiger partial charge in [0.05, 0.1) is 11.7 Å². The van der Waals surface area contributed by atoms with E-state index >= 15 is 0 Å². The zero-order chi connectivity index (χ0) is 12.5. The van der Waals surface area contributed by atoms with Crippen molar-refractivity contribution in [2.24, 2.45) is 5.73 Å². The molecule has 0 fully saturated rings. The number of nitrogens with two attached hydrogens (primary N) is 1. The number of hydrogen-bond donors (Lipinski definition) is 2. The molecule has 0 bridgehead atoms. The molecule has 1 atom stereocenters. The lowest BCUT2D eigenvalue weighted by atomic mass is 10.1. The SMILES string of the molecule is CN(CCCCCO)C(CN)c1ccccn1. The van der Waals surface area contributed by atoms with Gasteiger partial charge in [0.2, 0.25) is 0 Å². The van der Waals surface area contributed by atoms with E-state index in [0.29, 0.717) is 6.54 Å². The van der Waals surface area contributed by atoms with Gasteiger partial charge >= 0.3 is 0 Å². The van der Waals surface area contributed by atoms with Crippen LogP contribution in [0.4, 0.5) is 0 Å². The van der Waals surface area contributed by atoms with Crippen molar-refractivity contribution >= 4 is 0 Å². The van der Waals surface area contributed by atoms with Crippen LogP contribution < -0.4 is 5.73 Å². The normalized spacial score (nSPS) is 12.9. The van der Waals surface area contributed by atoms with Gasteiger partial charge in [-0.1, -0.05) is 6.07 Å². The number of aliphatic hydroxyl groups is 1. The van der Waals surface area contributed by atoms with E-state index < -0.39 is 0 Å². The minimum atomic E-state index is 0.185. The fourth-order valence-electron chi connectivity index (χ4n) is 1.91. The van der Waals surface area contributed by atoms with E-state index in [0.717, 1.165) is 31.5 Å². The predicted molar refractivity (Wildman–Crippen MR) is 69.6 cm³/mol. The zero-order valence-corrected chi connectivity index (χ0v) is 10.5. The van der Waals surface area contributed by atoms with Crippen molar-refractivity contribution in [1.82, 2.24) is 9.88 Å². The second-order valence-electron chi connectivity index (χ2n) is 4.27. The predicted octanol–water partition coefficient (Wildman–Crippen LogP) is 1.18. The molecule has 0 radical (unpaired) electrons. The molecule has 0 aliphatic carbocycles. The smallest absolute Gasteiger partial charge is 0.0642 e. The molecule has 1 rings (SSSR count). The summed E-state index contributed by atoms with van der Waals surface area (Å²) < 4.78 is 0. The van der Waals surface area contributed by atoms with Crippen LogP contribution in [0.15, 0.2) is 24.4 Å². The van der Waals surface area contributed by atoms with Crippen LogP contribution in [-0.2, 0) is 0 Å². The third-order valence-electron chi connectivity index (χ3n) is 2.95. The molecule has 4 heteroatoms. The fraction of sp³-hybridized carbons (Fsp3) is 0.615. The van der Waals surface area contributed by atoms with Gasteiger partial charge in [-0.2, -0.15) is 0 Å². The lowest BCUT2D eigenvalue weighted by molar-refractivity contribution is 0.232. The number of hydrogen-bond acceptors (Lipinski definition) is 4. The monoisotopic (exact) mass is 237 g/mol. The average molecular weight is 237 g/mol. The number of likely N-dealkylation sites (N-methyl/N-ethyl adjacent to an activating group) is 1. The van der Waals surface area contributed by atoms with Crippen LogP contribution in [0.2, 0.25) is 0 Å². The molecule has 4 nitrogen and oxygen atoms in total. The van der Waals surface area contributed by atoms with Gasteiger partial charge in [0.15, 0.2) is 0 Å². The zero-order valence-electron chi connectivity index (χ0n) is 10.5. The largest absolute Gasteiger partial charge is 0.396 e. The standard InChI is InChI=1S/C13H23N3O/c1-16(9-5-2-6-10-17)13(11-14)12-7-3-4-8-15-12/h3-4,7-8,13,17H,2,5-6,9-11,14H2,1H3. The van der Waals surface area contributed by atoms with Crippen LogP contribution >= 0.6 is 0 Å². The van der Waals surface area contributed by atoms with E-state index in [2.05, 4.69) is 16.9 Å². The lowest BCUT2D eigenvalue weighted by Gasteiger charge is -2.26. The number of rotatable bonds is 8. The lowest BCUT2D eigenvalue weighted by Crippen LogP contribution is -2.31. The highest BCUT2D eigenvalue weighted by atomic mass is 16.2. The van der Waals surface area contributed by atoms with Crippen LogP contribution in [-0.4, -0.2) is 41.7 Å². The molecular weight excluding hydrogens is 214 g/mol. The maximum Gasteiger partial charge on any atom is 0.0642 e. The Balaban J connectivity index is 2.44. The summed E-state index contributed by atoms with van der Waals surface area (Å²) in [5.41, 5.74) is 6.84. The van der Waals surface area contributed by atoms with Crippen molar-refractivity contribution < 1.29 is 5.11 Å². The van der Waals surface area contributed by atoms with Crippen LogP contribution in [0.5, 0.6) is 0 Å². The summed E-state index contributed by atoms with van der Waals surface area (Å²) >= 11 is 0. The molecule has 0 amide bonds. The van der Waals surface area contributed by atoms with Gasteiger partial charge < -0.3 is 10.8 Å². The summed E-state index contributed by atoms with van der Waals surface area (Å²) in [6.07, 6.45) is 4.82. The Labute approximate surface area is 103 Å². The van der Waals surface area contributed by atoms with Crippen LogP contribution in [0.3, 0.4) is 0 Å². The number of pyridine rings is 1. The molecule has 0 aliphatic heterocycles. The Hall–Kier alpha value is -0.970. The van der Waals surface area contributed by atoms with Crippen molar-refractivity contribution in [3.8, 4) is 0 Å². The second kappa shape index (κ2) is 8.17. The average Bonchev–Trinajstić information content (AvgIpc) is 2.37. The molecule has 17 heavy (non-hydrogen) atoms. The first-order chi connectivity index (χ1) is 8.29. The first kappa shape index (κ1) is 14.1. The molecule has 1 aromatic heterocycles. The molecule has 1 unspecified atom stereocenters. The van der Waals surface area contributed by atoms with Crippen molar-refractivity contribution in [2.75, 3.05) is 26.7 Å². The molecule has 1 heterocycles. The number of aromatic nitrogens is 1. The molecular formula is C13H23N3O. The molecule has 3 N–H and O–H groups in total. The third-order valence-corrected chi connectivity index (χ3v) is 2.95. The summed E-state index contributed by atoms with van der Waals surface area (Å²) in [7, 11) is 2.07. The van der Waals surface area contributed by atoms with E-state index in [1.807, 2.05) is 18.2 Å². The summed E-state index contributed by atoms with van der Waals surface area (Å²) in [4.78, 5) is 6.59. The van der Waals surface area contributed by atoms with Gasteiger partial charge in [0.1, 0.15) is 0 Å². The summed E-state index contributed by atoms with van der Waals surface area (Å²) in [5, 5.41) is 8.72. The Morgan fingerprint density at radius 3 is 2.76 bits per heavy atom. The molecule has 0 aromatic carbocycles. The van der Waals surface area contributed by atoms with E-state index in [1.165, 1.54) is 0 Å². The van der Waals surface area contributed by atoms with Crippen LogP contribution in [0, 0.1) is 0 Å². The minimum absolute atomic E-state index is 0.185. The Morgan fingerprint density at radius 1 is 1.35 bits per heavy atom. The first-order valence-corrected chi connectivity index (χ1v) is 6.21. The molecule has 0 saturated heterocycles. The Bertz CT molecular complexity index is 292. The van der Waals surface area contributed by atoms with Crippen LogP contribution in [0.1, 0.15) is 31.0 Å². The maximum absolute atomic E-state index is 8.72. The highest BCUT2D eigenvalue weighted by molar-refractivity contribution is 5.09. The molecule has 0 aliphatic rings. The van der Waals surface area contributed by atoms with Gasteiger partial charge in [-0.05, 0) is 45.0 Å². The highest BCUT2D eigenvalue weighted by Crippen LogP contribution is 2.15. The van der Waals surface area contributed by atoms with Crippen molar-refractivity contribution in [3.05, 3.63) is 30.1 Å². The van der Waals surface area contributed by atoms with E-state index in [9.17, 15) is 0 Å². The number of unbranched alkanes of at least 4 members (excludes halogenated alkanes) is 2. The maximum atomic E-state index is 8.72. The molecule has 0 spiro atoms. The van der Waals surface area contributed by atoms with Crippen molar-refractivity contribution in [1.29, 1.82) is 0 Å². The third kappa shape index (κ3) is 4.81. The molecule has 96 valence electrons. The van der Waals surface area contributed by atoms with E-state index in [1.54, 1.807) is 6.20 Å². The second-order valence-corrected chi connectivity index (χ2v) is 4.27. The number of nitrogens with zero attached hydrogens (tertiary/aromatic N) is 2. The molecule has 0 saturated carbocycles. The van der Waals surface area contributed by atoms with Crippen LogP contribution in [0.25, 0.3) is 0 Å². The van der Waals surface area contributed by atoms with Gasteiger partial charge in [0, 0.05) is 19.3 Å². The minimum Gasteiger partial charge on any atom is -0.396 e. The summed E-state index contributed by atoms with van der Waals surface area (Å²) in [6.45, 7) is 1.84. The van der Waals surface area contributed by atoms with Crippen molar-refractivity contribution in [3.63, 3.8) is 0 Å². The van der Waals surface area contributed by atoms with Gasteiger partial charge in [-0.15, -0.1) is 0 Å². The Morgan fingerprint density at radius 2 is 2.18 bits per heavy atom. The van der Waals surface area contributed by atoms with Gasteiger partial charge in [-0.25, -0.2) is 0 Å². The van der Waals surface area contributed by atoms with Crippen molar-refractivity contribution in [2.45, 2.75) is 25.3 Å². The highest BCUT2D eigenvalue weighted by Gasteiger charge is 2.15.